The molecule has 1 heterocycles. The van der Waals surface area contributed by atoms with Crippen molar-refractivity contribution >= 4 is 11.8 Å². The van der Waals surface area contributed by atoms with Crippen LogP contribution in [0.3, 0.4) is 0 Å². The monoisotopic (exact) mass is 365 g/mol. The Morgan fingerprint density at radius 1 is 1.07 bits per heavy atom. The molecule has 2 amide bonds. The Labute approximate surface area is 160 Å². The molecule has 0 saturated carbocycles. The molecule has 5 nitrogen and oxygen atoms in total. The molecule has 1 aliphatic heterocycles. The average Bonchev–Trinajstić information content (AvgIpc) is 2.70. The van der Waals surface area contributed by atoms with Crippen molar-refractivity contribution < 1.29 is 9.59 Å². The fraction of sp³-hybridized carbons (Fsp3) is 0.364. The number of amides is 2. The molecule has 27 heavy (non-hydrogen) atoms. The van der Waals surface area contributed by atoms with E-state index in [1.807, 2.05) is 53.4 Å². The second-order valence-corrected chi connectivity index (χ2v) is 7.08. The lowest BCUT2D eigenvalue weighted by molar-refractivity contribution is -0.135. The highest BCUT2D eigenvalue weighted by Gasteiger charge is 2.30. The molecule has 0 aromatic heterocycles. The Bertz CT molecular complexity index is 764. The van der Waals surface area contributed by atoms with E-state index in [1.165, 1.54) is 0 Å². The van der Waals surface area contributed by atoms with Crippen molar-refractivity contribution in [1.82, 2.24) is 15.5 Å². The first-order valence-electron chi connectivity index (χ1n) is 9.50. The summed E-state index contributed by atoms with van der Waals surface area (Å²) >= 11 is 0. The molecule has 1 saturated heterocycles. The summed E-state index contributed by atoms with van der Waals surface area (Å²) < 4.78 is 0. The van der Waals surface area contributed by atoms with E-state index in [2.05, 4.69) is 24.5 Å². The first-order valence-corrected chi connectivity index (χ1v) is 9.50. The lowest BCUT2D eigenvalue weighted by atomic mass is 10.0. The van der Waals surface area contributed by atoms with Crippen LogP contribution in [0, 0.1) is 0 Å². The predicted molar refractivity (Wildman–Crippen MR) is 106 cm³/mol. The van der Waals surface area contributed by atoms with Gasteiger partial charge in [0, 0.05) is 30.7 Å². The Kier molecular flexibility index (Phi) is 6.24. The molecule has 0 radical (unpaired) electrons. The molecule has 3 rings (SSSR count). The quantitative estimate of drug-likeness (QED) is 0.856. The molecule has 1 fully saturated rings. The third-order valence-corrected chi connectivity index (χ3v) is 5.28. The van der Waals surface area contributed by atoms with Crippen molar-refractivity contribution in [2.75, 3.05) is 13.1 Å². The van der Waals surface area contributed by atoms with Gasteiger partial charge in [-0.2, -0.15) is 0 Å². The smallest absolute Gasteiger partial charge is 0.251 e. The summed E-state index contributed by atoms with van der Waals surface area (Å²) in [5.74, 6) is -0.1000. The maximum atomic E-state index is 13.0. The van der Waals surface area contributed by atoms with E-state index in [9.17, 15) is 9.59 Å². The number of piperazine rings is 1. The number of nitrogens with one attached hydrogen (secondary N) is 2. The summed E-state index contributed by atoms with van der Waals surface area (Å²) in [5.41, 5.74) is 1.53. The molecular formula is C22H27N3O2. The van der Waals surface area contributed by atoms with Crippen LogP contribution < -0.4 is 10.6 Å². The Morgan fingerprint density at radius 2 is 1.70 bits per heavy atom. The molecule has 2 aromatic rings. The van der Waals surface area contributed by atoms with Crippen LogP contribution >= 0.6 is 0 Å². The van der Waals surface area contributed by atoms with E-state index in [0.29, 0.717) is 12.1 Å². The van der Waals surface area contributed by atoms with Crippen molar-refractivity contribution in [1.29, 1.82) is 0 Å². The molecule has 0 bridgehead atoms. The standard InChI is InChI=1S/C22H27N3O2/c1-16-17(2)25(14-13-23-16)21(26)15-20(18-9-5-3-6-10-18)24-22(27)19-11-7-4-8-12-19/h3-12,16-17,20,23H,13-15H2,1-2H3,(H,24,27). The van der Waals surface area contributed by atoms with Gasteiger partial charge in [-0.25, -0.2) is 0 Å². The summed E-state index contributed by atoms with van der Waals surface area (Å²) in [4.78, 5) is 27.6. The van der Waals surface area contributed by atoms with Crippen LogP contribution in [-0.4, -0.2) is 41.9 Å². The van der Waals surface area contributed by atoms with E-state index in [-0.39, 0.29) is 36.4 Å². The van der Waals surface area contributed by atoms with Crippen molar-refractivity contribution in [3.8, 4) is 0 Å². The lowest BCUT2D eigenvalue weighted by Gasteiger charge is -2.39. The molecule has 0 aliphatic carbocycles. The molecule has 142 valence electrons. The summed E-state index contributed by atoms with van der Waals surface area (Å²) in [5, 5.41) is 6.44. The van der Waals surface area contributed by atoms with Gasteiger partial charge < -0.3 is 15.5 Å². The highest BCUT2D eigenvalue weighted by molar-refractivity contribution is 5.94. The molecule has 2 aromatic carbocycles. The Hall–Kier alpha value is -2.66. The van der Waals surface area contributed by atoms with Crippen LogP contribution in [0.4, 0.5) is 0 Å². The Balaban J connectivity index is 1.76. The molecule has 3 atom stereocenters. The number of benzene rings is 2. The van der Waals surface area contributed by atoms with E-state index in [4.69, 9.17) is 0 Å². The number of carbonyl (C=O) groups excluding carboxylic acids is 2. The van der Waals surface area contributed by atoms with Gasteiger partial charge in [-0.05, 0) is 31.5 Å². The predicted octanol–water partition coefficient (Wildman–Crippen LogP) is 2.76. The summed E-state index contributed by atoms with van der Waals surface area (Å²) in [6.45, 7) is 5.65. The first kappa shape index (κ1) is 19.1. The van der Waals surface area contributed by atoms with E-state index in [1.54, 1.807) is 12.1 Å². The van der Waals surface area contributed by atoms with Gasteiger partial charge in [0.05, 0.1) is 12.5 Å². The van der Waals surface area contributed by atoms with Crippen molar-refractivity contribution in [3.63, 3.8) is 0 Å². The third kappa shape index (κ3) is 4.74. The molecular weight excluding hydrogens is 338 g/mol. The van der Waals surface area contributed by atoms with Gasteiger partial charge in [0.2, 0.25) is 5.91 Å². The normalized spacial score (nSPS) is 20.7. The van der Waals surface area contributed by atoms with Crippen LogP contribution in [0.2, 0.25) is 0 Å². The third-order valence-electron chi connectivity index (χ3n) is 5.28. The van der Waals surface area contributed by atoms with Gasteiger partial charge in [-0.15, -0.1) is 0 Å². The lowest BCUT2D eigenvalue weighted by Crippen LogP contribution is -2.57. The molecule has 1 aliphatic rings. The molecule has 0 spiro atoms. The molecule has 5 heteroatoms. The van der Waals surface area contributed by atoms with Gasteiger partial charge in [0.1, 0.15) is 0 Å². The maximum absolute atomic E-state index is 13.0. The zero-order valence-electron chi connectivity index (χ0n) is 15.9. The minimum absolute atomic E-state index is 0.0677. The number of rotatable bonds is 5. The highest BCUT2D eigenvalue weighted by atomic mass is 16.2. The first-order chi connectivity index (χ1) is 13.1. The van der Waals surface area contributed by atoms with Crippen molar-refractivity contribution in [3.05, 3.63) is 71.8 Å². The number of hydrogen-bond acceptors (Lipinski definition) is 3. The zero-order valence-corrected chi connectivity index (χ0v) is 15.9. The van der Waals surface area contributed by atoms with Crippen LogP contribution in [0.5, 0.6) is 0 Å². The summed E-state index contributed by atoms with van der Waals surface area (Å²) in [6.07, 6.45) is 0.250. The van der Waals surface area contributed by atoms with Crippen LogP contribution in [0.1, 0.15) is 42.2 Å². The zero-order chi connectivity index (χ0) is 19.2. The maximum Gasteiger partial charge on any atom is 0.251 e. The van der Waals surface area contributed by atoms with Gasteiger partial charge in [0.15, 0.2) is 0 Å². The fourth-order valence-electron chi connectivity index (χ4n) is 3.47. The van der Waals surface area contributed by atoms with Gasteiger partial charge in [-0.3, -0.25) is 9.59 Å². The van der Waals surface area contributed by atoms with Gasteiger partial charge in [-0.1, -0.05) is 48.5 Å². The SMILES string of the molecule is CC1NCCN(C(=O)CC(NC(=O)c2ccccc2)c2ccccc2)C1C. The van der Waals surface area contributed by atoms with Crippen molar-refractivity contribution in [2.24, 2.45) is 0 Å². The minimum atomic E-state index is -0.358. The number of hydrogen-bond donors (Lipinski definition) is 2. The second-order valence-electron chi connectivity index (χ2n) is 7.08. The van der Waals surface area contributed by atoms with Crippen LogP contribution in [0.25, 0.3) is 0 Å². The average molecular weight is 365 g/mol. The van der Waals surface area contributed by atoms with Gasteiger partial charge >= 0.3 is 0 Å². The number of carbonyl (C=O) groups is 2. The van der Waals surface area contributed by atoms with E-state index < -0.39 is 0 Å². The fourth-order valence-corrected chi connectivity index (χ4v) is 3.47. The topological polar surface area (TPSA) is 61.4 Å². The largest absolute Gasteiger partial charge is 0.345 e. The van der Waals surface area contributed by atoms with E-state index >= 15 is 0 Å². The minimum Gasteiger partial charge on any atom is -0.345 e. The molecule has 2 N–H and O–H groups in total. The number of nitrogens with zero attached hydrogens (tertiary/aromatic N) is 1. The van der Waals surface area contributed by atoms with E-state index in [0.717, 1.165) is 12.1 Å². The van der Waals surface area contributed by atoms with Crippen LogP contribution in [-0.2, 0) is 4.79 Å². The summed E-state index contributed by atoms with van der Waals surface area (Å²) in [7, 11) is 0. The van der Waals surface area contributed by atoms with Gasteiger partial charge in [0.25, 0.3) is 5.91 Å². The van der Waals surface area contributed by atoms with Crippen LogP contribution in [0.15, 0.2) is 60.7 Å². The highest BCUT2D eigenvalue weighted by Crippen LogP contribution is 2.21. The summed E-state index contributed by atoms with van der Waals surface area (Å²) in [6, 6.07) is 18.8. The Morgan fingerprint density at radius 3 is 2.37 bits per heavy atom. The second kappa shape index (κ2) is 8.82. The van der Waals surface area contributed by atoms with Crippen molar-refractivity contribution in [2.45, 2.75) is 38.4 Å². The molecule has 3 unspecified atom stereocenters.